The highest BCUT2D eigenvalue weighted by Gasteiger charge is 2.24. The van der Waals surface area contributed by atoms with Crippen LogP contribution >= 0.6 is 35.0 Å². The molecule has 0 bridgehead atoms. The van der Waals surface area contributed by atoms with Crippen molar-refractivity contribution in [2.45, 2.75) is 24.3 Å². The minimum absolute atomic E-state index is 0.00496. The van der Waals surface area contributed by atoms with Gasteiger partial charge in [0.25, 0.3) is 5.56 Å². The van der Waals surface area contributed by atoms with Crippen molar-refractivity contribution >= 4 is 46.6 Å². The number of halogens is 3. The third-order valence-corrected chi connectivity index (χ3v) is 7.48. The van der Waals surface area contributed by atoms with Crippen molar-refractivity contribution in [2.75, 3.05) is 31.1 Å². The number of H-pyrrole nitrogens is 1. The van der Waals surface area contributed by atoms with Crippen molar-refractivity contribution in [1.29, 1.82) is 0 Å². The quantitative estimate of drug-likeness (QED) is 0.376. The van der Waals surface area contributed by atoms with Crippen molar-refractivity contribution in [2.24, 2.45) is 0 Å². The topological polar surface area (TPSA) is 69.3 Å². The van der Waals surface area contributed by atoms with Gasteiger partial charge in [0.15, 0.2) is 5.16 Å². The molecule has 0 atom stereocenters. The van der Waals surface area contributed by atoms with Gasteiger partial charge in [0.05, 0.1) is 22.2 Å². The van der Waals surface area contributed by atoms with Crippen LogP contribution in [-0.4, -0.2) is 47.0 Å². The van der Waals surface area contributed by atoms with Gasteiger partial charge in [0.2, 0.25) is 5.91 Å². The molecule has 34 heavy (non-hydrogen) atoms. The summed E-state index contributed by atoms with van der Waals surface area (Å²) in [6.45, 7) is 4.03. The molecule has 1 aromatic heterocycles. The summed E-state index contributed by atoms with van der Waals surface area (Å²) in [4.78, 5) is 36.7. The van der Waals surface area contributed by atoms with Crippen LogP contribution in [0.5, 0.6) is 0 Å². The van der Waals surface area contributed by atoms with E-state index in [0.717, 1.165) is 11.3 Å². The molecule has 0 unspecified atom stereocenters. The fourth-order valence-electron chi connectivity index (χ4n) is 3.79. The van der Waals surface area contributed by atoms with Gasteiger partial charge in [0, 0.05) is 43.2 Å². The Balaban J connectivity index is 1.36. The van der Waals surface area contributed by atoms with Gasteiger partial charge in [-0.25, -0.2) is 9.37 Å². The molecule has 2 aromatic carbocycles. The molecule has 1 amide bonds. The lowest BCUT2D eigenvalue weighted by atomic mass is 10.1. The van der Waals surface area contributed by atoms with Crippen molar-refractivity contribution in [3.05, 3.63) is 85.5 Å². The average Bonchev–Trinajstić information content (AvgIpc) is 2.83. The largest absolute Gasteiger partial charge is 0.367 e. The molecule has 2 heterocycles. The summed E-state index contributed by atoms with van der Waals surface area (Å²) in [7, 11) is 0. The Kier molecular flexibility index (Phi) is 7.80. The number of aryl methyl sites for hydroxylation is 1. The van der Waals surface area contributed by atoms with Crippen LogP contribution < -0.4 is 10.5 Å². The van der Waals surface area contributed by atoms with E-state index in [-0.39, 0.29) is 23.7 Å². The average molecular weight is 521 g/mol. The lowest BCUT2D eigenvalue weighted by molar-refractivity contribution is -0.130. The first-order valence-electron chi connectivity index (χ1n) is 10.8. The minimum Gasteiger partial charge on any atom is -0.367 e. The van der Waals surface area contributed by atoms with Crippen molar-refractivity contribution in [1.82, 2.24) is 14.9 Å². The van der Waals surface area contributed by atoms with E-state index in [4.69, 9.17) is 23.2 Å². The van der Waals surface area contributed by atoms with Gasteiger partial charge in [-0.3, -0.25) is 9.59 Å². The van der Waals surface area contributed by atoms with Crippen LogP contribution in [0.25, 0.3) is 0 Å². The molecule has 1 aliphatic rings. The molecule has 6 nitrogen and oxygen atoms in total. The first kappa shape index (κ1) is 24.6. The Morgan fingerprint density at radius 1 is 1.12 bits per heavy atom. The first-order valence-corrected chi connectivity index (χ1v) is 12.5. The number of aromatic nitrogens is 2. The lowest BCUT2D eigenvalue weighted by Crippen LogP contribution is -2.49. The van der Waals surface area contributed by atoms with Crippen molar-refractivity contribution < 1.29 is 9.18 Å². The molecule has 1 N–H and O–H groups in total. The van der Waals surface area contributed by atoms with Gasteiger partial charge in [-0.2, -0.15) is 0 Å². The van der Waals surface area contributed by atoms with E-state index in [2.05, 4.69) is 14.9 Å². The van der Waals surface area contributed by atoms with Gasteiger partial charge in [-0.15, -0.1) is 0 Å². The summed E-state index contributed by atoms with van der Waals surface area (Å²) in [6.07, 6.45) is -0.00496. The van der Waals surface area contributed by atoms with Gasteiger partial charge in [-0.05, 0) is 36.8 Å². The standard InChI is InChI=1S/C24H23Cl2FN4O2S/c1-15-18(23(33)29-24(28-15)34-14-16-5-7-17(27)8-6-16)13-21(32)31-11-9-30(10-12-31)20-4-2-3-19(25)22(20)26/h2-8H,9-14H2,1H3,(H,28,29,33). The molecule has 1 saturated heterocycles. The Labute approximate surface area is 211 Å². The fourth-order valence-corrected chi connectivity index (χ4v) is 5.07. The van der Waals surface area contributed by atoms with Crippen LogP contribution in [0.4, 0.5) is 10.1 Å². The van der Waals surface area contributed by atoms with Gasteiger partial charge < -0.3 is 14.8 Å². The van der Waals surface area contributed by atoms with Gasteiger partial charge in [-0.1, -0.05) is 53.2 Å². The molecule has 1 fully saturated rings. The monoisotopic (exact) mass is 520 g/mol. The van der Waals surface area contributed by atoms with E-state index in [1.165, 1.54) is 23.9 Å². The molecule has 178 valence electrons. The number of nitrogens with one attached hydrogen (secondary N) is 1. The molecular weight excluding hydrogens is 498 g/mol. The number of amides is 1. The number of thioether (sulfide) groups is 1. The van der Waals surface area contributed by atoms with E-state index >= 15 is 0 Å². The smallest absolute Gasteiger partial charge is 0.255 e. The summed E-state index contributed by atoms with van der Waals surface area (Å²) in [6, 6.07) is 11.7. The zero-order valence-corrected chi connectivity index (χ0v) is 20.8. The second-order valence-electron chi connectivity index (χ2n) is 7.97. The number of carbonyl (C=O) groups excluding carboxylic acids is 1. The molecule has 1 aliphatic heterocycles. The van der Waals surface area contributed by atoms with Crippen molar-refractivity contribution in [3.63, 3.8) is 0 Å². The number of hydrogen-bond acceptors (Lipinski definition) is 5. The number of rotatable bonds is 6. The zero-order chi connectivity index (χ0) is 24.2. The Morgan fingerprint density at radius 2 is 1.82 bits per heavy atom. The summed E-state index contributed by atoms with van der Waals surface area (Å²) in [5.74, 6) is 0.140. The summed E-state index contributed by atoms with van der Waals surface area (Å²) >= 11 is 13.8. The number of hydrogen-bond donors (Lipinski definition) is 1. The number of carbonyl (C=O) groups is 1. The number of aromatic amines is 1. The number of anilines is 1. The van der Waals surface area contributed by atoms with Crippen LogP contribution in [0.3, 0.4) is 0 Å². The van der Waals surface area contributed by atoms with E-state index in [9.17, 15) is 14.0 Å². The summed E-state index contributed by atoms with van der Waals surface area (Å²) in [5.41, 5.74) is 2.36. The predicted octanol–water partition coefficient (Wildman–Crippen LogP) is 4.71. The molecule has 0 aliphatic carbocycles. The van der Waals surface area contributed by atoms with E-state index < -0.39 is 0 Å². The van der Waals surface area contributed by atoms with Crippen LogP contribution in [-0.2, 0) is 17.0 Å². The minimum atomic E-state index is -0.313. The lowest BCUT2D eigenvalue weighted by Gasteiger charge is -2.36. The molecule has 0 saturated carbocycles. The summed E-state index contributed by atoms with van der Waals surface area (Å²) in [5, 5.41) is 1.48. The van der Waals surface area contributed by atoms with Crippen LogP contribution in [0, 0.1) is 12.7 Å². The van der Waals surface area contributed by atoms with Crippen LogP contribution in [0.1, 0.15) is 16.8 Å². The SMILES string of the molecule is Cc1nc(SCc2ccc(F)cc2)[nH]c(=O)c1CC(=O)N1CCN(c2cccc(Cl)c2Cl)CC1. The van der Waals surface area contributed by atoms with E-state index in [0.29, 0.717) is 58.4 Å². The number of nitrogens with zero attached hydrogens (tertiary/aromatic N) is 3. The maximum Gasteiger partial charge on any atom is 0.255 e. The molecule has 3 aromatic rings. The summed E-state index contributed by atoms with van der Waals surface area (Å²) < 4.78 is 13.1. The Morgan fingerprint density at radius 3 is 2.50 bits per heavy atom. The van der Waals surface area contributed by atoms with Crippen LogP contribution in [0.15, 0.2) is 52.4 Å². The second kappa shape index (κ2) is 10.8. The highest BCUT2D eigenvalue weighted by molar-refractivity contribution is 7.98. The second-order valence-corrected chi connectivity index (χ2v) is 9.72. The first-order chi connectivity index (χ1) is 16.3. The molecule has 0 radical (unpaired) electrons. The normalized spacial score (nSPS) is 13.9. The third-order valence-electron chi connectivity index (χ3n) is 5.72. The number of piperazine rings is 1. The molecule has 10 heteroatoms. The van der Waals surface area contributed by atoms with Crippen molar-refractivity contribution in [3.8, 4) is 0 Å². The highest BCUT2D eigenvalue weighted by atomic mass is 35.5. The van der Waals surface area contributed by atoms with Gasteiger partial charge in [0.1, 0.15) is 5.82 Å². The predicted molar refractivity (Wildman–Crippen MR) is 135 cm³/mol. The number of benzene rings is 2. The third kappa shape index (κ3) is 5.74. The highest BCUT2D eigenvalue weighted by Crippen LogP contribution is 2.33. The Hall–Kier alpha value is -2.55. The fraction of sp³-hybridized carbons (Fsp3) is 0.292. The maximum atomic E-state index is 13.1. The van der Waals surface area contributed by atoms with Gasteiger partial charge >= 0.3 is 0 Å². The van der Waals surface area contributed by atoms with E-state index in [1.54, 1.807) is 30.0 Å². The molecule has 4 rings (SSSR count). The van der Waals surface area contributed by atoms with Crippen LogP contribution in [0.2, 0.25) is 10.0 Å². The zero-order valence-electron chi connectivity index (χ0n) is 18.5. The maximum absolute atomic E-state index is 13.1. The Bertz CT molecular complexity index is 1240. The molecular formula is C24H23Cl2FN4O2S. The molecule has 0 spiro atoms. The van der Waals surface area contributed by atoms with E-state index in [1.807, 2.05) is 12.1 Å².